The lowest BCUT2D eigenvalue weighted by molar-refractivity contribution is 0.0756. The molecule has 1 aliphatic carbocycles. The molecular formula is C20H25N3O3. The standard InChI is InChI=1S/C20H25N3O3/c1-22-17(13-4-5-13)12-16(21-22)20(24)23-8-6-14-10-18(25-2)19(26-3)11-15(14)7-9-23/h10-13H,4-9H2,1-3H3. The molecule has 6 heteroatoms. The average molecular weight is 355 g/mol. The number of aryl methyl sites for hydroxylation is 1. The van der Waals surface area contributed by atoms with Crippen LogP contribution in [0, 0.1) is 0 Å². The third-order valence-electron chi connectivity index (χ3n) is 5.43. The molecule has 0 N–H and O–H groups in total. The Morgan fingerprint density at radius 3 is 2.12 bits per heavy atom. The number of hydrogen-bond acceptors (Lipinski definition) is 4. The van der Waals surface area contributed by atoms with Crippen LogP contribution in [0.3, 0.4) is 0 Å². The van der Waals surface area contributed by atoms with Crippen molar-refractivity contribution in [2.45, 2.75) is 31.6 Å². The Balaban J connectivity index is 1.53. The van der Waals surface area contributed by atoms with Crippen LogP contribution in [0.2, 0.25) is 0 Å². The number of carbonyl (C=O) groups is 1. The number of amides is 1. The monoisotopic (exact) mass is 355 g/mol. The summed E-state index contributed by atoms with van der Waals surface area (Å²) in [5.41, 5.74) is 4.19. The second-order valence-electron chi connectivity index (χ2n) is 7.12. The van der Waals surface area contributed by atoms with E-state index in [1.807, 2.05) is 34.8 Å². The second kappa shape index (κ2) is 6.67. The normalized spacial score (nSPS) is 16.8. The van der Waals surface area contributed by atoms with Crippen LogP contribution in [0.4, 0.5) is 0 Å². The first kappa shape index (κ1) is 16.9. The van der Waals surface area contributed by atoms with Crippen molar-refractivity contribution in [1.29, 1.82) is 0 Å². The minimum absolute atomic E-state index is 0.0271. The summed E-state index contributed by atoms with van der Waals surface area (Å²) in [7, 11) is 5.23. The number of aromatic nitrogens is 2. The second-order valence-corrected chi connectivity index (χ2v) is 7.12. The number of benzene rings is 1. The quantitative estimate of drug-likeness (QED) is 0.846. The Labute approximate surface area is 153 Å². The van der Waals surface area contributed by atoms with Crippen LogP contribution in [0.15, 0.2) is 18.2 Å². The average Bonchev–Trinajstić information content (AvgIpc) is 3.45. The highest BCUT2D eigenvalue weighted by Crippen LogP contribution is 2.40. The van der Waals surface area contributed by atoms with Crippen LogP contribution in [0.1, 0.15) is 46.1 Å². The molecule has 2 heterocycles. The van der Waals surface area contributed by atoms with E-state index < -0.39 is 0 Å². The predicted molar refractivity (Wildman–Crippen MR) is 98.0 cm³/mol. The Bertz CT molecular complexity index is 804. The van der Waals surface area contributed by atoms with Gasteiger partial charge in [-0.05, 0) is 55.0 Å². The highest BCUT2D eigenvalue weighted by molar-refractivity contribution is 5.92. The van der Waals surface area contributed by atoms with Crippen molar-refractivity contribution >= 4 is 5.91 Å². The molecule has 1 aromatic heterocycles. The summed E-state index contributed by atoms with van der Waals surface area (Å²) in [6, 6.07) is 6.05. The number of nitrogens with zero attached hydrogens (tertiary/aromatic N) is 3. The van der Waals surface area contributed by atoms with Gasteiger partial charge in [0.2, 0.25) is 0 Å². The van der Waals surface area contributed by atoms with Crippen molar-refractivity contribution in [3.8, 4) is 11.5 Å². The number of methoxy groups -OCH3 is 2. The molecule has 4 rings (SSSR count). The van der Waals surface area contributed by atoms with Gasteiger partial charge in [0.25, 0.3) is 5.91 Å². The molecule has 0 unspecified atom stereocenters. The molecule has 26 heavy (non-hydrogen) atoms. The molecule has 1 fully saturated rings. The zero-order chi connectivity index (χ0) is 18.3. The molecule has 1 amide bonds. The minimum atomic E-state index is 0.0271. The van der Waals surface area contributed by atoms with Crippen molar-refractivity contribution < 1.29 is 14.3 Å². The zero-order valence-electron chi connectivity index (χ0n) is 15.6. The van der Waals surface area contributed by atoms with Gasteiger partial charge in [-0.25, -0.2) is 0 Å². The summed E-state index contributed by atoms with van der Waals surface area (Å²) >= 11 is 0. The van der Waals surface area contributed by atoms with E-state index in [1.54, 1.807) is 14.2 Å². The fraction of sp³-hybridized carbons (Fsp3) is 0.500. The number of rotatable bonds is 4. The SMILES string of the molecule is COc1cc2c(cc1OC)CCN(C(=O)c1cc(C3CC3)n(C)n1)CC2. The van der Waals surface area contributed by atoms with Crippen LogP contribution < -0.4 is 9.47 Å². The molecule has 0 atom stereocenters. The van der Waals surface area contributed by atoms with Gasteiger partial charge in [0.05, 0.1) is 14.2 Å². The van der Waals surface area contributed by atoms with E-state index in [2.05, 4.69) is 5.10 Å². The Kier molecular flexibility index (Phi) is 4.34. The van der Waals surface area contributed by atoms with E-state index in [9.17, 15) is 4.79 Å². The molecule has 1 aromatic carbocycles. The lowest BCUT2D eigenvalue weighted by Crippen LogP contribution is -2.33. The van der Waals surface area contributed by atoms with Crippen LogP contribution in [-0.4, -0.2) is 47.9 Å². The van der Waals surface area contributed by atoms with E-state index in [1.165, 1.54) is 29.7 Å². The molecule has 1 aliphatic heterocycles. The first-order chi connectivity index (χ1) is 12.6. The summed E-state index contributed by atoms with van der Waals surface area (Å²) in [6.07, 6.45) is 4.03. The summed E-state index contributed by atoms with van der Waals surface area (Å²) in [6.45, 7) is 1.38. The van der Waals surface area contributed by atoms with Crippen molar-refractivity contribution in [1.82, 2.24) is 14.7 Å². The topological polar surface area (TPSA) is 56.6 Å². The number of fused-ring (bicyclic) bond motifs is 1. The van der Waals surface area contributed by atoms with Crippen molar-refractivity contribution in [2.24, 2.45) is 7.05 Å². The van der Waals surface area contributed by atoms with Gasteiger partial charge in [-0.3, -0.25) is 9.48 Å². The number of hydrogen-bond donors (Lipinski definition) is 0. The maximum absolute atomic E-state index is 13.0. The molecular weight excluding hydrogens is 330 g/mol. The predicted octanol–water partition coefficient (Wildman–Crippen LogP) is 2.56. The van der Waals surface area contributed by atoms with Crippen molar-refractivity contribution in [3.05, 3.63) is 40.7 Å². The summed E-state index contributed by atoms with van der Waals surface area (Å²) < 4.78 is 12.7. The largest absolute Gasteiger partial charge is 0.493 e. The zero-order valence-corrected chi connectivity index (χ0v) is 15.6. The van der Waals surface area contributed by atoms with E-state index in [4.69, 9.17) is 9.47 Å². The summed E-state index contributed by atoms with van der Waals surface area (Å²) in [5.74, 6) is 2.09. The van der Waals surface area contributed by atoms with Gasteiger partial charge >= 0.3 is 0 Å². The van der Waals surface area contributed by atoms with Gasteiger partial charge in [-0.1, -0.05) is 0 Å². The lowest BCUT2D eigenvalue weighted by atomic mass is 10.0. The molecule has 2 aliphatic rings. The van der Waals surface area contributed by atoms with Gasteiger partial charge in [0.15, 0.2) is 17.2 Å². The van der Waals surface area contributed by atoms with E-state index in [0.717, 1.165) is 24.3 Å². The van der Waals surface area contributed by atoms with Crippen molar-refractivity contribution in [2.75, 3.05) is 27.3 Å². The maximum Gasteiger partial charge on any atom is 0.274 e. The highest BCUT2D eigenvalue weighted by atomic mass is 16.5. The van der Waals surface area contributed by atoms with E-state index in [-0.39, 0.29) is 5.91 Å². The van der Waals surface area contributed by atoms with Crippen LogP contribution in [-0.2, 0) is 19.9 Å². The van der Waals surface area contributed by atoms with E-state index in [0.29, 0.717) is 24.7 Å². The molecule has 0 spiro atoms. The first-order valence-electron chi connectivity index (χ1n) is 9.17. The molecule has 0 saturated heterocycles. The number of ether oxygens (including phenoxy) is 2. The van der Waals surface area contributed by atoms with Crippen molar-refractivity contribution in [3.63, 3.8) is 0 Å². The molecule has 138 valence electrons. The van der Waals surface area contributed by atoms with Gasteiger partial charge in [-0.15, -0.1) is 0 Å². The van der Waals surface area contributed by atoms with Gasteiger partial charge in [0, 0.05) is 31.7 Å². The molecule has 0 bridgehead atoms. The molecule has 0 radical (unpaired) electrons. The maximum atomic E-state index is 13.0. The fourth-order valence-electron chi connectivity index (χ4n) is 3.76. The molecule has 2 aromatic rings. The highest BCUT2D eigenvalue weighted by Gasteiger charge is 2.30. The number of carbonyl (C=O) groups excluding carboxylic acids is 1. The van der Waals surface area contributed by atoms with Gasteiger partial charge in [0.1, 0.15) is 0 Å². The Morgan fingerprint density at radius 2 is 1.62 bits per heavy atom. The van der Waals surface area contributed by atoms with Gasteiger partial charge in [-0.2, -0.15) is 5.10 Å². The van der Waals surface area contributed by atoms with Crippen LogP contribution in [0.25, 0.3) is 0 Å². The molecule has 1 saturated carbocycles. The third-order valence-corrected chi connectivity index (χ3v) is 5.43. The summed E-state index contributed by atoms with van der Waals surface area (Å²) in [4.78, 5) is 14.9. The van der Waals surface area contributed by atoms with Gasteiger partial charge < -0.3 is 14.4 Å². The third kappa shape index (κ3) is 3.04. The fourth-order valence-corrected chi connectivity index (χ4v) is 3.76. The van der Waals surface area contributed by atoms with E-state index >= 15 is 0 Å². The smallest absolute Gasteiger partial charge is 0.274 e. The lowest BCUT2D eigenvalue weighted by Gasteiger charge is -2.18. The molecule has 6 nitrogen and oxygen atoms in total. The Hall–Kier alpha value is -2.50. The summed E-state index contributed by atoms with van der Waals surface area (Å²) in [5, 5.41) is 4.47. The van der Waals surface area contributed by atoms with Crippen LogP contribution >= 0.6 is 0 Å². The first-order valence-corrected chi connectivity index (χ1v) is 9.17. The Morgan fingerprint density at radius 1 is 1.04 bits per heavy atom. The minimum Gasteiger partial charge on any atom is -0.493 e. The van der Waals surface area contributed by atoms with Crippen LogP contribution in [0.5, 0.6) is 11.5 Å².